The fourth-order valence-electron chi connectivity index (χ4n) is 10.2. The number of aromatic nitrogens is 2. The largest absolute Gasteiger partial charge is 0.507 e. The molecule has 370 valence electrons. The van der Waals surface area contributed by atoms with Crippen LogP contribution in [-0.2, 0) is 30.3 Å². The molecule has 6 heterocycles. The van der Waals surface area contributed by atoms with Crippen LogP contribution in [0.5, 0.6) is 23.3 Å². The van der Waals surface area contributed by atoms with Crippen LogP contribution in [0.1, 0.15) is 77.2 Å². The highest BCUT2D eigenvalue weighted by Gasteiger charge is 2.51. The predicted molar refractivity (Wildman–Crippen MR) is 246 cm³/mol. The van der Waals surface area contributed by atoms with Crippen molar-refractivity contribution in [3.05, 3.63) is 74.3 Å². The fourth-order valence-corrected chi connectivity index (χ4v) is 10.2. The van der Waals surface area contributed by atoms with E-state index in [-0.39, 0.29) is 67.6 Å². The Morgan fingerprint density at radius 2 is 1.72 bits per heavy atom. The molecule has 5 aliphatic heterocycles. The van der Waals surface area contributed by atoms with Crippen molar-refractivity contribution in [2.24, 2.45) is 33.7 Å². The maximum atomic E-state index is 14.8. The highest BCUT2D eigenvalue weighted by atomic mass is 16.7. The Morgan fingerprint density at radius 1 is 1.01 bits per heavy atom. The van der Waals surface area contributed by atoms with Crippen LogP contribution >= 0.6 is 0 Å². The third kappa shape index (κ3) is 8.80. The number of nitrogens with one attached hydrogen (secondary N) is 1. The second-order valence-corrected chi connectivity index (χ2v) is 19.1. The van der Waals surface area contributed by atoms with E-state index in [2.05, 4.69) is 20.2 Å². The zero-order valence-corrected chi connectivity index (χ0v) is 40.0. The summed E-state index contributed by atoms with van der Waals surface area (Å²) in [4.78, 5) is 67.6. The number of Topliss-reactive ketones (excluding diaryl/α,β-unsaturated/α-hetero) is 1. The monoisotopic (exact) mass is 957 g/mol. The maximum absolute atomic E-state index is 14.8. The van der Waals surface area contributed by atoms with Gasteiger partial charge < -0.3 is 59.5 Å². The molecule has 3 aromatic rings. The molecule has 69 heavy (non-hydrogen) atoms. The summed E-state index contributed by atoms with van der Waals surface area (Å²) in [5, 5.41) is 61.7. The molecule has 1 spiro atoms. The molecule has 1 unspecified atom stereocenters. The standard InChI is InChI=1S/C48H59N7O14/c1-22-11-10-12-23(2)45(62)50-37-36-35(51-48(52-36)14-16-53(17-15-48)19-29-20-54-21-31(55(63)64)49-46(54)68-29)32-33(41(37)60)40(59)27(6)43-34(32)44(61)47(8,69-43)66-18-13-30(65-9)24(3)42(67-28(7)56)26(5)39(58)25(4)38(22)57/h10-13,18,21-22,24-26,29-30,38-39,42,51,57-60H,14-17,19-20H2,1-9H3/b11-10+,18-13+,23-12-,50-37?/t22-,24+,25+,26+,29?,30-,38-,39+,42+,47-/m0/s1. The van der Waals surface area contributed by atoms with Crippen molar-refractivity contribution in [1.82, 2.24) is 14.5 Å². The van der Waals surface area contributed by atoms with Crippen LogP contribution in [0, 0.1) is 40.7 Å². The number of nitrogens with zero attached hydrogens (tertiary/aromatic N) is 6. The number of allylic oxidation sites excluding steroid dienone is 2. The fraction of sp³-hybridized carbons (Fsp3) is 0.542. The number of esters is 1. The molecule has 8 rings (SSSR count). The van der Waals surface area contributed by atoms with Gasteiger partial charge in [-0.15, -0.1) is 0 Å². The molecule has 0 radical (unpaired) electrons. The highest BCUT2D eigenvalue weighted by Crippen LogP contribution is 2.51. The van der Waals surface area contributed by atoms with Crippen LogP contribution in [0.3, 0.4) is 0 Å². The van der Waals surface area contributed by atoms with Gasteiger partial charge in [-0.1, -0.05) is 45.9 Å². The number of fused-ring (bicyclic) bond motifs is 2. The van der Waals surface area contributed by atoms with Crippen LogP contribution in [0.15, 0.2) is 52.3 Å². The molecule has 0 saturated carbocycles. The Labute approximate surface area is 396 Å². The third-order valence-electron chi connectivity index (χ3n) is 14.3. The first kappa shape index (κ1) is 49.0. The number of anilines is 1. The van der Waals surface area contributed by atoms with Gasteiger partial charge in [0.2, 0.25) is 0 Å². The second-order valence-electron chi connectivity index (χ2n) is 19.1. The zero-order valence-electron chi connectivity index (χ0n) is 40.0. The summed E-state index contributed by atoms with van der Waals surface area (Å²) in [5.74, 6) is -7.83. The topological polar surface area (TPSA) is 279 Å². The summed E-state index contributed by atoms with van der Waals surface area (Å²) in [6.07, 6.45) is 5.49. The van der Waals surface area contributed by atoms with E-state index in [0.717, 1.165) is 0 Å². The number of aromatic hydroxyl groups is 2. The average molecular weight is 958 g/mol. The van der Waals surface area contributed by atoms with Crippen LogP contribution in [0.2, 0.25) is 0 Å². The van der Waals surface area contributed by atoms with Crippen LogP contribution < -0.4 is 25.5 Å². The minimum atomic E-state index is -2.01. The molecular weight excluding hydrogens is 899 g/mol. The second kappa shape index (κ2) is 18.5. The quantitative estimate of drug-likeness (QED) is 0.106. The Morgan fingerprint density at radius 3 is 2.38 bits per heavy atom. The molecule has 21 heteroatoms. The number of benzene rings is 2. The first-order valence-corrected chi connectivity index (χ1v) is 23.0. The summed E-state index contributed by atoms with van der Waals surface area (Å²) in [6.45, 7) is 14.6. The number of piperidine rings is 1. The molecule has 5 aliphatic rings. The SMILES string of the molecule is CO[C@H]1/C=C/O[C@@]2(C)Oc3c(C)c(O)c4c(O)c(c5c(c4c3C2=O)NC2(CCN(CC3Cn4cc([N+](=O)[O-])nc4O3)CC2)N=5)=NC(=O)/C(C)=C\C=C\[C@H](C)[C@H](O)[C@@H](C)[C@@H](O)[C@@H](C)[C@H](OC(C)=O)[C@@H]1C. The molecule has 5 N–H and O–H groups in total. The van der Waals surface area contributed by atoms with Crippen molar-refractivity contribution >= 4 is 39.9 Å². The number of aliphatic hydroxyl groups excluding tert-OH is 2. The number of rotatable bonds is 5. The van der Waals surface area contributed by atoms with Crippen molar-refractivity contribution in [3.8, 4) is 23.3 Å². The highest BCUT2D eigenvalue weighted by molar-refractivity contribution is 6.21. The number of phenolic OH excluding ortho intramolecular Hbond substituents is 2. The van der Waals surface area contributed by atoms with E-state index in [1.54, 1.807) is 44.4 Å². The number of likely N-dealkylation sites (tertiary alicyclic amines) is 1. The lowest BCUT2D eigenvalue weighted by atomic mass is 9.78. The number of ketones is 1. The van der Waals surface area contributed by atoms with E-state index in [0.29, 0.717) is 39.0 Å². The van der Waals surface area contributed by atoms with E-state index in [9.17, 15) is 44.9 Å². The van der Waals surface area contributed by atoms with E-state index in [1.807, 2.05) is 0 Å². The van der Waals surface area contributed by atoms with Crippen LogP contribution in [0.25, 0.3) is 10.8 Å². The Kier molecular flexibility index (Phi) is 13.1. The Balaban J connectivity index is 1.21. The summed E-state index contributed by atoms with van der Waals surface area (Å²) in [5.41, 5.74) is -0.519. The molecular formula is C48H59N7O14. The zero-order chi connectivity index (χ0) is 50.0. The number of carbonyl (C=O) groups excluding carboxylic acids is 3. The molecule has 2 aromatic carbocycles. The number of imidazole rings is 1. The lowest BCUT2D eigenvalue weighted by Crippen LogP contribution is -2.49. The smallest absolute Gasteiger partial charge is 0.414 e. The molecule has 1 fully saturated rings. The third-order valence-corrected chi connectivity index (χ3v) is 14.3. The molecule has 0 aliphatic carbocycles. The van der Waals surface area contributed by atoms with Crippen molar-refractivity contribution in [1.29, 1.82) is 0 Å². The summed E-state index contributed by atoms with van der Waals surface area (Å²) < 4.78 is 31.6. The Hall–Kier alpha value is -6.42. The Bertz CT molecular complexity index is 2810. The first-order valence-electron chi connectivity index (χ1n) is 23.0. The molecule has 10 atom stereocenters. The summed E-state index contributed by atoms with van der Waals surface area (Å²) in [7, 11) is 1.45. The number of nitro groups is 1. The van der Waals surface area contributed by atoms with Gasteiger partial charge in [0.05, 0.1) is 47.8 Å². The van der Waals surface area contributed by atoms with Gasteiger partial charge in [-0.2, -0.15) is 0 Å². The molecule has 21 nitrogen and oxygen atoms in total. The van der Waals surface area contributed by atoms with E-state index in [4.69, 9.17) is 28.7 Å². The number of phenols is 2. The number of carbonyl (C=O) groups is 3. The number of methoxy groups -OCH3 is 1. The lowest BCUT2D eigenvalue weighted by molar-refractivity contribution is -0.389. The van der Waals surface area contributed by atoms with Crippen LogP contribution in [0.4, 0.5) is 11.5 Å². The van der Waals surface area contributed by atoms with E-state index in [1.165, 1.54) is 59.4 Å². The van der Waals surface area contributed by atoms with Gasteiger partial charge in [0, 0.05) is 98.6 Å². The van der Waals surface area contributed by atoms with E-state index < -0.39 is 93.6 Å². The molecule has 1 saturated heterocycles. The number of hydrogen-bond acceptors (Lipinski definition) is 18. The number of hydrogen-bond donors (Lipinski definition) is 5. The van der Waals surface area contributed by atoms with E-state index >= 15 is 0 Å². The van der Waals surface area contributed by atoms with Crippen molar-refractivity contribution in [2.45, 2.75) is 117 Å². The first-order chi connectivity index (χ1) is 32.6. The van der Waals surface area contributed by atoms with Gasteiger partial charge in [0.15, 0.2) is 5.75 Å². The molecule has 4 bridgehead atoms. The van der Waals surface area contributed by atoms with Crippen molar-refractivity contribution in [2.75, 3.05) is 32.1 Å². The number of aliphatic hydroxyl groups is 2. The molecule has 1 aromatic heterocycles. The van der Waals surface area contributed by atoms with Gasteiger partial charge in [-0.3, -0.25) is 28.8 Å². The minimum absolute atomic E-state index is 0.00120. The van der Waals surface area contributed by atoms with Gasteiger partial charge in [-0.25, -0.2) is 4.99 Å². The van der Waals surface area contributed by atoms with Crippen LogP contribution in [-0.4, -0.2) is 126 Å². The average Bonchev–Trinajstić information content (AvgIpc) is 4.06. The van der Waals surface area contributed by atoms with Gasteiger partial charge in [-0.05, 0) is 24.8 Å². The van der Waals surface area contributed by atoms with Crippen molar-refractivity contribution < 1.29 is 63.4 Å². The maximum Gasteiger partial charge on any atom is 0.414 e. The van der Waals surface area contributed by atoms with Crippen molar-refractivity contribution in [3.63, 3.8) is 0 Å². The molecule has 1 amide bonds. The lowest BCUT2D eigenvalue weighted by Gasteiger charge is -2.38. The summed E-state index contributed by atoms with van der Waals surface area (Å²) >= 11 is 0. The number of ether oxygens (including phenoxy) is 5. The summed E-state index contributed by atoms with van der Waals surface area (Å²) in [6, 6.07) is 0.181. The van der Waals surface area contributed by atoms with Gasteiger partial charge in [0.25, 0.3) is 11.7 Å². The normalized spacial score (nSPS) is 31.9. The van der Waals surface area contributed by atoms with Gasteiger partial charge in [0.1, 0.15) is 46.3 Å². The minimum Gasteiger partial charge on any atom is -0.507 e. The predicted octanol–water partition coefficient (Wildman–Crippen LogP) is 3.66. The van der Waals surface area contributed by atoms with Gasteiger partial charge >= 0.3 is 23.6 Å². The number of amides is 1.